The fourth-order valence-corrected chi connectivity index (χ4v) is 2.71. The predicted molar refractivity (Wildman–Crippen MR) is 86.1 cm³/mol. The summed E-state index contributed by atoms with van der Waals surface area (Å²) in [5.74, 6) is -0.220. The van der Waals surface area contributed by atoms with Crippen molar-refractivity contribution < 1.29 is 9.59 Å². The van der Waals surface area contributed by atoms with E-state index in [2.05, 4.69) is 11.9 Å². The maximum Gasteiger partial charge on any atom is 0.267 e. The van der Waals surface area contributed by atoms with Crippen molar-refractivity contribution in [3.8, 4) is 0 Å². The van der Waals surface area contributed by atoms with Crippen molar-refractivity contribution >= 4 is 36.6 Å². The Morgan fingerprint density at radius 2 is 1.62 bits per heavy atom. The van der Waals surface area contributed by atoms with E-state index in [0.717, 1.165) is 37.2 Å². The Balaban J connectivity index is 0.00000200. The SMILES string of the molecule is CC1CCC(c2ccc(C(N)=O)nc2C(N)=O)CC1.Cl.Cl. The fraction of sp³-hybridized carbons (Fsp3) is 0.500. The Labute approximate surface area is 136 Å². The molecule has 1 heterocycles. The van der Waals surface area contributed by atoms with Crippen LogP contribution < -0.4 is 11.5 Å². The third-order valence-electron chi connectivity index (χ3n) is 3.87. The van der Waals surface area contributed by atoms with E-state index in [1.54, 1.807) is 12.1 Å². The van der Waals surface area contributed by atoms with E-state index < -0.39 is 11.8 Å². The molecule has 1 saturated carbocycles. The van der Waals surface area contributed by atoms with Crippen LogP contribution in [0, 0.1) is 5.92 Å². The molecule has 7 heteroatoms. The Morgan fingerprint density at radius 1 is 1.05 bits per heavy atom. The summed E-state index contributed by atoms with van der Waals surface area (Å²) in [6.07, 6.45) is 4.33. The van der Waals surface area contributed by atoms with Crippen LogP contribution in [0.15, 0.2) is 12.1 Å². The molecule has 0 spiro atoms. The minimum absolute atomic E-state index is 0. The summed E-state index contributed by atoms with van der Waals surface area (Å²) in [6.45, 7) is 2.24. The van der Waals surface area contributed by atoms with Crippen LogP contribution in [-0.4, -0.2) is 16.8 Å². The van der Waals surface area contributed by atoms with Crippen LogP contribution in [0.2, 0.25) is 0 Å². The monoisotopic (exact) mass is 333 g/mol. The molecule has 0 aliphatic heterocycles. The first-order chi connectivity index (χ1) is 8.99. The van der Waals surface area contributed by atoms with Gasteiger partial charge in [0.05, 0.1) is 0 Å². The van der Waals surface area contributed by atoms with E-state index in [9.17, 15) is 9.59 Å². The number of hydrogen-bond acceptors (Lipinski definition) is 3. The lowest BCUT2D eigenvalue weighted by atomic mass is 9.79. The Morgan fingerprint density at radius 3 is 2.10 bits per heavy atom. The van der Waals surface area contributed by atoms with Crippen molar-refractivity contribution in [2.24, 2.45) is 17.4 Å². The first kappa shape index (κ1) is 19.7. The number of amides is 2. The van der Waals surface area contributed by atoms with E-state index in [4.69, 9.17) is 11.5 Å². The summed E-state index contributed by atoms with van der Waals surface area (Å²) in [5, 5.41) is 0. The highest BCUT2D eigenvalue weighted by molar-refractivity contribution is 5.96. The van der Waals surface area contributed by atoms with Crippen LogP contribution in [0.4, 0.5) is 0 Å². The lowest BCUT2D eigenvalue weighted by molar-refractivity contribution is 0.0991. The minimum Gasteiger partial charge on any atom is -0.364 e. The molecule has 0 atom stereocenters. The molecular weight excluding hydrogens is 313 g/mol. The highest BCUT2D eigenvalue weighted by atomic mass is 35.5. The average Bonchev–Trinajstić information content (AvgIpc) is 2.38. The highest BCUT2D eigenvalue weighted by Crippen LogP contribution is 2.36. The molecule has 1 aliphatic rings. The molecule has 0 radical (unpaired) electrons. The number of carbonyl (C=O) groups is 2. The molecule has 2 rings (SSSR count). The van der Waals surface area contributed by atoms with Crippen LogP contribution >= 0.6 is 24.8 Å². The van der Waals surface area contributed by atoms with Gasteiger partial charge in [0.1, 0.15) is 11.4 Å². The zero-order valence-electron chi connectivity index (χ0n) is 11.9. The molecule has 1 fully saturated rings. The van der Waals surface area contributed by atoms with Gasteiger partial charge in [-0.05, 0) is 36.3 Å². The second kappa shape index (κ2) is 8.20. The van der Waals surface area contributed by atoms with Gasteiger partial charge in [0, 0.05) is 0 Å². The second-order valence-corrected chi connectivity index (χ2v) is 5.32. The number of hydrogen-bond donors (Lipinski definition) is 2. The molecule has 118 valence electrons. The number of carbonyl (C=O) groups excluding carboxylic acids is 2. The van der Waals surface area contributed by atoms with Gasteiger partial charge >= 0.3 is 0 Å². The second-order valence-electron chi connectivity index (χ2n) is 5.32. The molecule has 0 saturated heterocycles. The van der Waals surface area contributed by atoms with Gasteiger partial charge in [0.15, 0.2) is 0 Å². The van der Waals surface area contributed by atoms with Gasteiger partial charge < -0.3 is 11.5 Å². The Bertz CT molecular complexity index is 515. The summed E-state index contributed by atoms with van der Waals surface area (Å²) in [7, 11) is 0. The largest absolute Gasteiger partial charge is 0.364 e. The van der Waals surface area contributed by atoms with Crippen molar-refractivity contribution in [2.75, 3.05) is 0 Å². The first-order valence-corrected chi connectivity index (χ1v) is 6.59. The van der Waals surface area contributed by atoms with Gasteiger partial charge in [-0.3, -0.25) is 9.59 Å². The van der Waals surface area contributed by atoms with Crippen molar-refractivity contribution in [2.45, 2.75) is 38.5 Å². The summed E-state index contributed by atoms with van der Waals surface area (Å²) in [5.41, 5.74) is 11.7. The van der Waals surface area contributed by atoms with E-state index >= 15 is 0 Å². The summed E-state index contributed by atoms with van der Waals surface area (Å²) in [4.78, 5) is 26.6. The van der Waals surface area contributed by atoms with Gasteiger partial charge in [-0.15, -0.1) is 24.8 Å². The zero-order valence-corrected chi connectivity index (χ0v) is 13.5. The lowest BCUT2D eigenvalue weighted by Gasteiger charge is -2.27. The molecule has 0 aromatic carbocycles. The Kier molecular flexibility index (Phi) is 7.68. The third kappa shape index (κ3) is 4.58. The standard InChI is InChI=1S/C14H19N3O2.2ClH/c1-8-2-4-9(5-3-8)10-6-7-11(13(15)18)17-12(10)14(16)19;;/h6-9H,2-5H2,1H3,(H2,15,18)(H2,16,19);2*1H. The average molecular weight is 334 g/mol. The molecule has 4 N–H and O–H groups in total. The van der Waals surface area contributed by atoms with E-state index in [-0.39, 0.29) is 36.2 Å². The number of rotatable bonds is 3. The fourth-order valence-electron chi connectivity index (χ4n) is 2.71. The van der Waals surface area contributed by atoms with E-state index in [1.165, 1.54) is 0 Å². The highest BCUT2D eigenvalue weighted by Gasteiger charge is 2.24. The number of halogens is 2. The molecule has 5 nitrogen and oxygen atoms in total. The number of nitrogens with zero attached hydrogens (tertiary/aromatic N) is 1. The predicted octanol–water partition coefficient (Wildman–Crippen LogP) is 2.42. The van der Waals surface area contributed by atoms with E-state index in [0.29, 0.717) is 5.92 Å². The van der Waals surface area contributed by atoms with Crippen molar-refractivity contribution in [3.05, 3.63) is 29.1 Å². The van der Waals surface area contributed by atoms with Crippen LogP contribution in [0.5, 0.6) is 0 Å². The number of pyridine rings is 1. The van der Waals surface area contributed by atoms with Crippen LogP contribution in [0.3, 0.4) is 0 Å². The maximum absolute atomic E-state index is 11.5. The van der Waals surface area contributed by atoms with Gasteiger partial charge in [-0.2, -0.15) is 0 Å². The summed E-state index contributed by atoms with van der Waals surface area (Å²) in [6, 6.07) is 3.34. The normalized spacial score (nSPS) is 20.8. The van der Waals surface area contributed by atoms with Crippen molar-refractivity contribution in [1.29, 1.82) is 0 Å². The van der Waals surface area contributed by atoms with Crippen LogP contribution in [-0.2, 0) is 0 Å². The molecule has 1 aromatic rings. The van der Waals surface area contributed by atoms with Crippen LogP contribution in [0.1, 0.15) is 65.1 Å². The quantitative estimate of drug-likeness (QED) is 0.888. The molecule has 1 aromatic heterocycles. The van der Waals surface area contributed by atoms with Crippen molar-refractivity contribution in [1.82, 2.24) is 4.98 Å². The van der Waals surface area contributed by atoms with Gasteiger partial charge in [-0.25, -0.2) is 4.98 Å². The molecular formula is C14H21Cl2N3O2. The zero-order chi connectivity index (χ0) is 14.0. The minimum atomic E-state index is -0.647. The lowest BCUT2D eigenvalue weighted by Crippen LogP contribution is -2.23. The molecule has 0 unspecified atom stereocenters. The maximum atomic E-state index is 11.5. The van der Waals surface area contributed by atoms with Gasteiger partial charge in [-0.1, -0.05) is 25.8 Å². The summed E-state index contributed by atoms with van der Waals surface area (Å²) >= 11 is 0. The number of primary amides is 2. The molecule has 2 amide bonds. The van der Waals surface area contributed by atoms with Crippen LogP contribution in [0.25, 0.3) is 0 Å². The molecule has 21 heavy (non-hydrogen) atoms. The Hall–Kier alpha value is -1.33. The first-order valence-electron chi connectivity index (χ1n) is 6.59. The van der Waals surface area contributed by atoms with E-state index in [1.807, 2.05) is 0 Å². The topological polar surface area (TPSA) is 99.1 Å². The van der Waals surface area contributed by atoms with Gasteiger partial charge in [0.25, 0.3) is 11.8 Å². The van der Waals surface area contributed by atoms with Crippen molar-refractivity contribution in [3.63, 3.8) is 0 Å². The molecule has 1 aliphatic carbocycles. The third-order valence-corrected chi connectivity index (χ3v) is 3.87. The van der Waals surface area contributed by atoms with Gasteiger partial charge in [0.2, 0.25) is 0 Å². The number of aromatic nitrogens is 1. The summed E-state index contributed by atoms with van der Waals surface area (Å²) < 4.78 is 0. The number of nitrogens with two attached hydrogens (primary N) is 2. The smallest absolute Gasteiger partial charge is 0.267 e. The molecule has 0 bridgehead atoms.